The fourth-order valence-corrected chi connectivity index (χ4v) is 2.42. The van der Waals surface area contributed by atoms with E-state index in [4.69, 9.17) is 5.11 Å². The molecule has 0 aromatic carbocycles. The van der Waals surface area contributed by atoms with Crippen LogP contribution in [-0.2, 0) is 4.79 Å². The summed E-state index contributed by atoms with van der Waals surface area (Å²) in [6.45, 7) is 1.46. The summed E-state index contributed by atoms with van der Waals surface area (Å²) in [7, 11) is 0. The summed E-state index contributed by atoms with van der Waals surface area (Å²) in [6, 6.07) is 0.534. The first kappa shape index (κ1) is 12.2. The number of piperidine rings is 1. The zero-order valence-electron chi connectivity index (χ0n) is 10.7. The fraction of sp³-hybridized carbons (Fsp3) is 0.615. The van der Waals surface area contributed by atoms with Crippen LogP contribution in [0.15, 0.2) is 12.4 Å². The van der Waals surface area contributed by atoms with Gasteiger partial charge < -0.3 is 15.3 Å². The van der Waals surface area contributed by atoms with Crippen molar-refractivity contribution in [2.75, 3.05) is 23.3 Å². The molecule has 0 bridgehead atoms. The van der Waals surface area contributed by atoms with Crippen molar-refractivity contribution in [2.24, 2.45) is 5.92 Å². The Morgan fingerprint density at radius 2 is 1.89 bits per heavy atom. The van der Waals surface area contributed by atoms with E-state index in [2.05, 4.69) is 20.2 Å². The van der Waals surface area contributed by atoms with Crippen LogP contribution < -0.4 is 10.2 Å². The molecule has 6 nitrogen and oxygen atoms in total. The molecule has 102 valence electrons. The molecule has 1 aliphatic heterocycles. The second-order valence-corrected chi connectivity index (χ2v) is 5.25. The maximum absolute atomic E-state index is 11.0. The predicted molar refractivity (Wildman–Crippen MR) is 71.2 cm³/mol. The molecule has 0 radical (unpaired) electrons. The smallest absolute Gasteiger partial charge is 0.306 e. The molecule has 2 heterocycles. The zero-order chi connectivity index (χ0) is 13.2. The maximum Gasteiger partial charge on any atom is 0.306 e. The van der Waals surface area contributed by atoms with Gasteiger partial charge in [-0.15, -0.1) is 0 Å². The van der Waals surface area contributed by atoms with Gasteiger partial charge in [0.05, 0.1) is 5.92 Å². The first-order valence-corrected chi connectivity index (χ1v) is 6.79. The van der Waals surface area contributed by atoms with Crippen LogP contribution in [0.2, 0.25) is 0 Å². The number of anilines is 2. The molecule has 1 saturated heterocycles. The summed E-state index contributed by atoms with van der Waals surface area (Å²) in [5.74, 6) is 0.792. The molecule has 2 aliphatic rings. The summed E-state index contributed by atoms with van der Waals surface area (Å²) in [4.78, 5) is 21.9. The molecule has 0 amide bonds. The minimum absolute atomic E-state index is 0.215. The molecular formula is C13H18N4O2. The van der Waals surface area contributed by atoms with E-state index < -0.39 is 5.97 Å². The molecule has 1 aromatic rings. The lowest BCUT2D eigenvalue weighted by Gasteiger charge is -2.31. The molecule has 1 aromatic heterocycles. The van der Waals surface area contributed by atoms with Crippen LogP contribution in [0.3, 0.4) is 0 Å². The van der Waals surface area contributed by atoms with Gasteiger partial charge in [-0.05, 0) is 25.7 Å². The van der Waals surface area contributed by atoms with Gasteiger partial charge in [0.15, 0.2) is 11.6 Å². The highest BCUT2D eigenvalue weighted by Gasteiger charge is 2.28. The second-order valence-electron chi connectivity index (χ2n) is 5.25. The predicted octanol–water partition coefficient (Wildman–Crippen LogP) is 1.35. The summed E-state index contributed by atoms with van der Waals surface area (Å²) < 4.78 is 0. The summed E-state index contributed by atoms with van der Waals surface area (Å²) in [6.07, 6.45) is 7.12. The van der Waals surface area contributed by atoms with Gasteiger partial charge in [-0.3, -0.25) is 4.79 Å². The van der Waals surface area contributed by atoms with Gasteiger partial charge in [0.2, 0.25) is 0 Å². The number of aromatic nitrogens is 2. The highest BCUT2D eigenvalue weighted by atomic mass is 16.4. The van der Waals surface area contributed by atoms with E-state index in [1.807, 2.05) is 0 Å². The largest absolute Gasteiger partial charge is 0.481 e. The van der Waals surface area contributed by atoms with Gasteiger partial charge in [-0.1, -0.05) is 0 Å². The lowest BCUT2D eigenvalue weighted by molar-refractivity contribution is -0.142. The molecular weight excluding hydrogens is 244 g/mol. The number of nitrogens with one attached hydrogen (secondary N) is 1. The molecule has 0 atom stereocenters. The standard InChI is InChI=1S/C13H18N4O2/c18-13(19)9-3-7-17(8-4-9)12-11(14-5-6-15-12)16-10-1-2-10/h5-6,9-10H,1-4,7-8H2,(H,14,16)(H,18,19). The van der Waals surface area contributed by atoms with E-state index in [0.29, 0.717) is 18.9 Å². The normalized spacial score (nSPS) is 20.3. The number of hydrogen-bond acceptors (Lipinski definition) is 5. The van der Waals surface area contributed by atoms with E-state index in [-0.39, 0.29) is 5.92 Å². The summed E-state index contributed by atoms with van der Waals surface area (Å²) in [5.41, 5.74) is 0. The Morgan fingerprint density at radius 1 is 1.21 bits per heavy atom. The SMILES string of the molecule is O=C(O)C1CCN(c2nccnc2NC2CC2)CC1. The summed E-state index contributed by atoms with van der Waals surface area (Å²) in [5, 5.41) is 12.4. The second kappa shape index (κ2) is 5.03. The van der Waals surface area contributed by atoms with Crippen LogP contribution in [-0.4, -0.2) is 40.2 Å². The number of nitrogens with zero attached hydrogens (tertiary/aromatic N) is 3. The van der Waals surface area contributed by atoms with Gasteiger partial charge in [0.25, 0.3) is 0 Å². The Balaban J connectivity index is 1.70. The fourth-order valence-electron chi connectivity index (χ4n) is 2.42. The van der Waals surface area contributed by atoms with Gasteiger partial charge >= 0.3 is 5.97 Å². The Morgan fingerprint density at radius 3 is 2.53 bits per heavy atom. The van der Waals surface area contributed by atoms with Gasteiger partial charge in [0.1, 0.15) is 0 Å². The number of carboxylic acid groups (broad SMARTS) is 1. The van der Waals surface area contributed by atoms with E-state index in [9.17, 15) is 4.79 Å². The topological polar surface area (TPSA) is 78.3 Å². The molecule has 2 fully saturated rings. The van der Waals surface area contributed by atoms with E-state index in [1.54, 1.807) is 12.4 Å². The molecule has 2 N–H and O–H groups in total. The average molecular weight is 262 g/mol. The first-order valence-electron chi connectivity index (χ1n) is 6.79. The van der Waals surface area contributed by atoms with E-state index in [1.165, 1.54) is 12.8 Å². The van der Waals surface area contributed by atoms with Crippen molar-refractivity contribution in [2.45, 2.75) is 31.7 Å². The van der Waals surface area contributed by atoms with Crippen LogP contribution in [0.5, 0.6) is 0 Å². The monoisotopic (exact) mass is 262 g/mol. The number of carboxylic acids is 1. The number of aliphatic carboxylic acids is 1. The molecule has 19 heavy (non-hydrogen) atoms. The van der Waals surface area contributed by atoms with Crippen LogP contribution in [0.25, 0.3) is 0 Å². The molecule has 3 rings (SSSR count). The third-order valence-corrected chi connectivity index (χ3v) is 3.74. The molecule has 0 unspecified atom stereocenters. The number of carbonyl (C=O) groups is 1. The summed E-state index contributed by atoms with van der Waals surface area (Å²) >= 11 is 0. The van der Waals surface area contributed by atoms with Crippen molar-refractivity contribution < 1.29 is 9.90 Å². The van der Waals surface area contributed by atoms with Crippen LogP contribution in [0.4, 0.5) is 11.6 Å². The van der Waals surface area contributed by atoms with Crippen LogP contribution in [0.1, 0.15) is 25.7 Å². The van der Waals surface area contributed by atoms with Crippen molar-refractivity contribution in [1.29, 1.82) is 0 Å². The lowest BCUT2D eigenvalue weighted by atomic mass is 9.97. The third kappa shape index (κ3) is 2.77. The number of rotatable bonds is 4. The third-order valence-electron chi connectivity index (χ3n) is 3.74. The molecule has 1 saturated carbocycles. The van der Waals surface area contributed by atoms with Crippen molar-refractivity contribution >= 4 is 17.6 Å². The van der Waals surface area contributed by atoms with Crippen molar-refractivity contribution in [3.63, 3.8) is 0 Å². The average Bonchev–Trinajstić information content (AvgIpc) is 3.23. The Kier molecular flexibility index (Phi) is 3.23. The molecule has 1 aliphatic carbocycles. The van der Waals surface area contributed by atoms with Crippen LogP contribution in [0, 0.1) is 5.92 Å². The minimum Gasteiger partial charge on any atom is -0.481 e. The van der Waals surface area contributed by atoms with Gasteiger partial charge in [-0.25, -0.2) is 9.97 Å². The Labute approximate surface area is 111 Å². The van der Waals surface area contributed by atoms with Gasteiger partial charge in [0, 0.05) is 31.5 Å². The van der Waals surface area contributed by atoms with Crippen LogP contribution >= 0.6 is 0 Å². The van der Waals surface area contributed by atoms with Crippen molar-refractivity contribution in [3.8, 4) is 0 Å². The highest BCUT2D eigenvalue weighted by Crippen LogP contribution is 2.30. The Hall–Kier alpha value is -1.85. The lowest BCUT2D eigenvalue weighted by Crippen LogP contribution is -2.37. The Bertz CT molecular complexity index is 467. The molecule has 0 spiro atoms. The van der Waals surface area contributed by atoms with E-state index in [0.717, 1.165) is 24.7 Å². The quantitative estimate of drug-likeness (QED) is 0.853. The first-order chi connectivity index (χ1) is 9.24. The molecule has 6 heteroatoms. The minimum atomic E-state index is -0.685. The van der Waals surface area contributed by atoms with Crippen molar-refractivity contribution in [1.82, 2.24) is 9.97 Å². The number of hydrogen-bond donors (Lipinski definition) is 2. The van der Waals surface area contributed by atoms with E-state index >= 15 is 0 Å². The van der Waals surface area contributed by atoms with Gasteiger partial charge in [-0.2, -0.15) is 0 Å². The zero-order valence-corrected chi connectivity index (χ0v) is 10.7. The van der Waals surface area contributed by atoms with Crippen molar-refractivity contribution in [3.05, 3.63) is 12.4 Å². The maximum atomic E-state index is 11.0. The highest BCUT2D eigenvalue weighted by molar-refractivity contribution is 5.71.